The topological polar surface area (TPSA) is 13.6 Å². The zero-order valence-electron chi connectivity index (χ0n) is 11.0. The van der Waals surface area contributed by atoms with E-state index < -0.39 is 0 Å². The summed E-state index contributed by atoms with van der Waals surface area (Å²) in [5.41, 5.74) is 3.70. The molecule has 0 aliphatic heterocycles. The SMILES string of the molecule is COc1ccc(-c2cc3c4sccc4ccn3c2)cc1. The van der Waals surface area contributed by atoms with E-state index in [1.165, 1.54) is 26.7 Å². The van der Waals surface area contributed by atoms with Crippen molar-refractivity contribution in [3.8, 4) is 16.9 Å². The van der Waals surface area contributed by atoms with E-state index in [0.717, 1.165) is 5.75 Å². The van der Waals surface area contributed by atoms with Crippen LogP contribution in [-0.4, -0.2) is 11.5 Å². The van der Waals surface area contributed by atoms with Gasteiger partial charge < -0.3 is 9.14 Å². The van der Waals surface area contributed by atoms with Crippen molar-refractivity contribution in [2.24, 2.45) is 0 Å². The van der Waals surface area contributed by atoms with Gasteiger partial charge in [-0.05, 0) is 46.7 Å². The van der Waals surface area contributed by atoms with Crippen molar-refractivity contribution in [1.29, 1.82) is 0 Å². The smallest absolute Gasteiger partial charge is 0.118 e. The standard InChI is InChI=1S/C17H13NOS/c1-19-15-4-2-12(3-5-15)14-10-16-17-13(7-9-20-17)6-8-18(16)11-14/h2-11H,1H3. The molecular weight excluding hydrogens is 266 g/mol. The Bertz CT molecular complexity index is 886. The highest BCUT2D eigenvalue weighted by Crippen LogP contribution is 2.31. The fourth-order valence-corrected chi connectivity index (χ4v) is 3.45. The summed E-state index contributed by atoms with van der Waals surface area (Å²) in [6.45, 7) is 0. The molecule has 1 aromatic carbocycles. The number of aromatic nitrogens is 1. The van der Waals surface area contributed by atoms with Gasteiger partial charge in [0.05, 0.1) is 17.3 Å². The lowest BCUT2D eigenvalue weighted by molar-refractivity contribution is 0.415. The van der Waals surface area contributed by atoms with Gasteiger partial charge in [-0.1, -0.05) is 12.1 Å². The molecule has 0 saturated heterocycles. The number of rotatable bonds is 2. The molecular formula is C17H13NOS. The second-order valence-electron chi connectivity index (χ2n) is 4.77. The molecule has 0 N–H and O–H groups in total. The van der Waals surface area contributed by atoms with Crippen LogP contribution < -0.4 is 4.74 Å². The number of fused-ring (bicyclic) bond motifs is 3. The third kappa shape index (κ3) is 1.71. The molecule has 0 saturated carbocycles. The van der Waals surface area contributed by atoms with Crippen LogP contribution in [0.4, 0.5) is 0 Å². The number of hydrogen-bond donors (Lipinski definition) is 0. The lowest BCUT2D eigenvalue weighted by Gasteiger charge is -2.00. The third-order valence-corrected chi connectivity index (χ3v) is 4.57. The van der Waals surface area contributed by atoms with Crippen molar-refractivity contribution < 1.29 is 4.74 Å². The fraction of sp³-hybridized carbons (Fsp3) is 0.0588. The quantitative estimate of drug-likeness (QED) is 0.512. The van der Waals surface area contributed by atoms with Gasteiger partial charge in [0.25, 0.3) is 0 Å². The molecule has 0 radical (unpaired) electrons. The summed E-state index contributed by atoms with van der Waals surface area (Å²) in [5.74, 6) is 0.887. The summed E-state index contributed by atoms with van der Waals surface area (Å²) in [6.07, 6.45) is 4.30. The first-order valence-corrected chi connectivity index (χ1v) is 7.35. The van der Waals surface area contributed by atoms with Gasteiger partial charge >= 0.3 is 0 Å². The van der Waals surface area contributed by atoms with E-state index in [-0.39, 0.29) is 0 Å². The molecule has 0 aliphatic carbocycles. The zero-order chi connectivity index (χ0) is 13.5. The predicted octanol–water partition coefficient (Wildman–Crippen LogP) is 4.83. The number of nitrogens with zero attached hydrogens (tertiary/aromatic N) is 1. The second kappa shape index (κ2) is 4.39. The Labute approximate surface area is 120 Å². The Kier molecular flexibility index (Phi) is 2.54. The minimum atomic E-state index is 0.887. The normalized spacial score (nSPS) is 11.2. The van der Waals surface area contributed by atoms with Gasteiger partial charge in [0, 0.05) is 18.0 Å². The minimum absolute atomic E-state index is 0.887. The van der Waals surface area contributed by atoms with Crippen molar-refractivity contribution in [3.63, 3.8) is 0 Å². The van der Waals surface area contributed by atoms with E-state index in [4.69, 9.17) is 4.74 Å². The van der Waals surface area contributed by atoms with Crippen LogP contribution in [0.2, 0.25) is 0 Å². The Morgan fingerprint density at radius 2 is 1.85 bits per heavy atom. The maximum atomic E-state index is 5.21. The minimum Gasteiger partial charge on any atom is -0.497 e. The van der Waals surface area contributed by atoms with E-state index in [2.05, 4.69) is 52.5 Å². The van der Waals surface area contributed by atoms with Gasteiger partial charge in [-0.3, -0.25) is 0 Å². The molecule has 3 heterocycles. The Morgan fingerprint density at radius 3 is 2.65 bits per heavy atom. The van der Waals surface area contributed by atoms with Crippen molar-refractivity contribution in [1.82, 2.24) is 4.40 Å². The molecule has 4 aromatic rings. The highest BCUT2D eigenvalue weighted by atomic mass is 32.1. The average molecular weight is 279 g/mol. The molecule has 0 amide bonds. The first-order chi connectivity index (χ1) is 9.85. The van der Waals surface area contributed by atoms with Gasteiger partial charge in [-0.2, -0.15) is 0 Å². The number of methoxy groups -OCH3 is 1. The summed E-state index contributed by atoms with van der Waals surface area (Å²) in [5, 5.41) is 3.45. The van der Waals surface area contributed by atoms with Crippen molar-refractivity contribution in [2.45, 2.75) is 0 Å². The summed E-state index contributed by atoms with van der Waals surface area (Å²) < 4.78 is 8.74. The molecule has 98 valence electrons. The molecule has 20 heavy (non-hydrogen) atoms. The summed E-state index contributed by atoms with van der Waals surface area (Å²) in [7, 11) is 1.69. The van der Waals surface area contributed by atoms with Crippen LogP contribution in [0, 0.1) is 0 Å². The molecule has 0 atom stereocenters. The molecule has 0 spiro atoms. The highest BCUT2D eigenvalue weighted by molar-refractivity contribution is 7.18. The lowest BCUT2D eigenvalue weighted by Crippen LogP contribution is -1.81. The Hall–Kier alpha value is -2.26. The van der Waals surface area contributed by atoms with Gasteiger partial charge in [-0.25, -0.2) is 0 Å². The largest absolute Gasteiger partial charge is 0.497 e. The summed E-state index contributed by atoms with van der Waals surface area (Å²) in [6, 6.07) is 14.8. The van der Waals surface area contributed by atoms with E-state index in [1.807, 2.05) is 12.1 Å². The van der Waals surface area contributed by atoms with Gasteiger partial charge in [0.2, 0.25) is 0 Å². The van der Waals surface area contributed by atoms with Crippen LogP contribution in [0.15, 0.2) is 60.2 Å². The van der Waals surface area contributed by atoms with Crippen LogP contribution in [0.5, 0.6) is 5.75 Å². The molecule has 0 aliphatic rings. The van der Waals surface area contributed by atoms with Crippen LogP contribution >= 0.6 is 11.3 Å². The molecule has 0 unspecified atom stereocenters. The molecule has 0 fully saturated rings. The predicted molar refractivity (Wildman–Crippen MR) is 84.8 cm³/mol. The number of benzene rings is 1. The molecule has 4 rings (SSSR count). The van der Waals surface area contributed by atoms with E-state index >= 15 is 0 Å². The number of pyridine rings is 1. The average Bonchev–Trinajstić information content (AvgIpc) is 3.12. The molecule has 3 aromatic heterocycles. The number of thiophene rings is 1. The van der Waals surface area contributed by atoms with Crippen LogP contribution in [0.1, 0.15) is 0 Å². The summed E-state index contributed by atoms with van der Waals surface area (Å²) in [4.78, 5) is 0. The first-order valence-electron chi connectivity index (χ1n) is 6.47. The van der Waals surface area contributed by atoms with Gasteiger partial charge in [0.15, 0.2) is 0 Å². The maximum Gasteiger partial charge on any atom is 0.118 e. The lowest BCUT2D eigenvalue weighted by atomic mass is 10.1. The van der Waals surface area contributed by atoms with Crippen LogP contribution in [-0.2, 0) is 0 Å². The molecule has 0 bridgehead atoms. The van der Waals surface area contributed by atoms with Crippen molar-refractivity contribution >= 4 is 26.9 Å². The second-order valence-corrected chi connectivity index (χ2v) is 5.69. The third-order valence-electron chi connectivity index (χ3n) is 3.61. The zero-order valence-corrected chi connectivity index (χ0v) is 11.9. The van der Waals surface area contributed by atoms with E-state index in [0.29, 0.717) is 0 Å². The van der Waals surface area contributed by atoms with Crippen LogP contribution in [0.25, 0.3) is 26.7 Å². The Balaban J connectivity index is 1.90. The van der Waals surface area contributed by atoms with Gasteiger partial charge in [-0.15, -0.1) is 11.3 Å². The number of ether oxygens (including phenoxy) is 1. The molecule has 2 nitrogen and oxygen atoms in total. The first kappa shape index (κ1) is 11.6. The van der Waals surface area contributed by atoms with E-state index in [9.17, 15) is 0 Å². The summed E-state index contributed by atoms with van der Waals surface area (Å²) >= 11 is 1.79. The van der Waals surface area contributed by atoms with Crippen molar-refractivity contribution in [3.05, 3.63) is 60.2 Å². The fourth-order valence-electron chi connectivity index (χ4n) is 2.55. The molecule has 3 heteroatoms. The highest BCUT2D eigenvalue weighted by Gasteiger charge is 2.06. The van der Waals surface area contributed by atoms with E-state index in [1.54, 1.807) is 18.4 Å². The number of hydrogen-bond acceptors (Lipinski definition) is 2. The van der Waals surface area contributed by atoms with Crippen LogP contribution in [0.3, 0.4) is 0 Å². The van der Waals surface area contributed by atoms with Crippen molar-refractivity contribution in [2.75, 3.05) is 7.11 Å². The van der Waals surface area contributed by atoms with Gasteiger partial charge in [0.1, 0.15) is 5.75 Å². The Morgan fingerprint density at radius 1 is 1.00 bits per heavy atom. The monoisotopic (exact) mass is 279 g/mol. The maximum absolute atomic E-state index is 5.21.